The van der Waals surface area contributed by atoms with Gasteiger partial charge in [0, 0.05) is 12.2 Å². The van der Waals surface area contributed by atoms with E-state index in [1.807, 2.05) is 49.3 Å². The van der Waals surface area contributed by atoms with Crippen LogP contribution < -0.4 is 4.90 Å². The van der Waals surface area contributed by atoms with Crippen LogP contribution in [-0.2, 0) is 10.2 Å². The van der Waals surface area contributed by atoms with Gasteiger partial charge in [0.1, 0.15) is 5.82 Å². The number of amides is 1. The largest absolute Gasteiger partial charge is 0.389 e. The third kappa shape index (κ3) is 3.86. The molecule has 1 saturated carbocycles. The Balaban J connectivity index is 0.00000256. The summed E-state index contributed by atoms with van der Waals surface area (Å²) in [5.74, 6) is -0.307. The number of carbonyl (C=O) groups is 1. The van der Waals surface area contributed by atoms with Crippen molar-refractivity contribution in [1.82, 2.24) is 4.90 Å². The lowest BCUT2D eigenvalue weighted by Crippen LogP contribution is -2.48. The van der Waals surface area contributed by atoms with E-state index < -0.39 is 17.6 Å². The highest BCUT2D eigenvalue weighted by atomic mass is 35.5. The van der Waals surface area contributed by atoms with Crippen molar-refractivity contribution >= 4 is 24.0 Å². The molecule has 1 aliphatic heterocycles. The van der Waals surface area contributed by atoms with Gasteiger partial charge in [-0.25, -0.2) is 4.39 Å². The topological polar surface area (TPSA) is 43.8 Å². The van der Waals surface area contributed by atoms with Gasteiger partial charge in [0.15, 0.2) is 0 Å². The van der Waals surface area contributed by atoms with E-state index in [1.54, 1.807) is 17.0 Å². The number of rotatable bonds is 5. The fourth-order valence-corrected chi connectivity index (χ4v) is 5.14. The third-order valence-corrected chi connectivity index (χ3v) is 6.40. The molecule has 1 fully saturated rings. The zero-order valence-electron chi connectivity index (χ0n) is 17.6. The van der Waals surface area contributed by atoms with Gasteiger partial charge in [0.2, 0.25) is 5.91 Å². The van der Waals surface area contributed by atoms with Crippen molar-refractivity contribution in [3.05, 3.63) is 65.5 Å². The van der Waals surface area contributed by atoms with Gasteiger partial charge in [-0.2, -0.15) is 0 Å². The van der Waals surface area contributed by atoms with Gasteiger partial charge < -0.3 is 14.9 Å². The normalized spacial score (nSPS) is 19.5. The first-order valence-corrected chi connectivity index (χ1v) is 10.5. The van der Waals surface area contributed by atoms with Gasteiger partial charge in [0.05, 0.1) is 17.6 Å². The fraction of sp³-hybridized carbons (Fsp3) is 0.458. The summed E-state index contributed by atoms with van der Waals surface area (Å²) in [6, 6.07) is 13.8. The molecule has 1 spiro atoms. The van der Waals surface area contributed by atoms with Crippen molar-refractivity contribution in [3.63, 3.8) is 0 Å². The van der Waals surface area contributed by atoms with Gasteiger partial charge in [-0.3, -0.25) is 4.79 Å². The number of aliphatic hydroxyl groups is 1. The number of benzene rings is 2. The number of carbonyl (C=O) groups excluding carboxylic acids is 1. The summed E-state index contributed by atoms with van der Waals surface area (Å²) in [5.41, 5.74) is 1.75. The average molecular weight is 433 g/mol. The Kier molecular flexibility index (Phi) is 6.85. The molecular weight excluding hydrogens is 403 g/mol. The van der Waals surface area contributed by atoms with Gasteiger partial charge in [-0.1, -0.05) is 49.6 Å². The van der Waals surface area contributed by atoms with Gasteiger partial charge in [-0.15, -0.1) is 12.4 Å². The molecule has 2 aromatic carbocycles. The third-order valence-electron chi connectivity index (χ3n) is 6.40. The van der Waals surface area contributed by atoms with Crippen molar-refractivity contribution in [1.29, 1.82) is 0 Å². The average Bonchev–Trinajstić information content (AvgIpc) is 2.92. The van der Waals surface area contributed by atoms with Crippen LogP contribution in [0.25, 0.3) is 0 Å². The second-order valence-corrected chi connectivity index (χ2v) is 8.66. The number of aliphatic hydroxyl groups excluding tert-OH is 1. The smallest absolute Gasteiger partial charge is 0.238 e. The predicted octanol–water partition coefficient (Wildman–Crippen LogP) is 4.46. The quantitative estimate of drug-likeness (QED) is 0.758. The van der Waals surface area contributed by atoms with Crippen LogP contribution in [0.5, 0.6) is 0 Å². The Bertz CT molecular complexity index is 884. The van der Waals surface area contributed by atoms with E-state index in [1.165, 1.54) is 6.07 Å². The first-order chi connectivity index (χ1) is 13.9. The summed E-state index contributed by atoms with van der Waals surface area (Å²) < 4.78 is 14.2. The molecule has 2 aliphatic rings. The molecule has 2 atom stereocenters. The lowest BCUT2D eigenvalue weighted by molar-refractivity contribution is -0.125. The molecule has 1 amide bonds. The first-order valence-electron chi connectivity index (χ1n) is 10.5. The maximum Gasteiger partial charge on any atom is 0.238 e. The highest BCUT2D eigenvalue weighted by molar-refractivity contribution is 6.08. The Labute approximate surface area is 184 Å². The molecule has 4 nitrogen and oxygen atoms in total. The molecule has 0 aromatic heterocycles. The summed E-state index contributed by atoms with van der Waals surface area (Å²) in [4.78, 5) is 17.6. The van der Waals surface area contributed by atoms with E-state index in [0.29, 0.717) is 6.54 Å². The number of fused-ring (bicyclic) bond motifs is 2. The second kappa shape index (κ2) is 9.04. The summed E-state index contributed by atoms with van der Waals surface area (Å²) >= 11 is 0. The monoisotopic (exact) mass is 432 g/mol. The predicted molar refractivity (Wildman–Crippen MR) is 120 cm³/mol. The van der Waals surface area contributed by atoms with E-state index in [4.69, 9.17) is 0 Å². The summed E-state index contributed by atoms with van der Waals surface area (Å²) in [5, 5.41) is 11.2. The number of halogens is 2. The van der Waals surface area contributed by atoms with Gasteiger partial charge in [-0.05, 0) is 56.3 Å². The lowest BCUT2D eigenvalue weighted by Gasteiger charge is -2.37. The van der Waals surface area contributed by atoms with E-state index in [0.717, 1.165) is 48.9 Å². The zero-order chi connectivity index (χ0) is 20.6. The van der Waals surface area contributed by atoms with Gasteiger partial charge >= 0.3 is 0 Å². The molecule has 0 bridgehead atoms. The fourth-order valence-electron chi connectivity index (χ4n) is 5.14. The molecule has 4 rings (SSSR count). The summed E-state index contributed by atoms with van der Waals surface area (Å²) in [6.07, 6.45) is 3.74. The van der Waals surface area contributed by atoms with Crippen LogP contribution >= 0.6 is 12.4 Å². The van der Waals surface area contributed by atoms with Crippen molar-refractivity contribution < 1.29 is 14.3 Å². The molecule has 1 aliphatic carbocycles. The Hall–Kier alpha value is -1.95. The standard InChI is InChI=1S/C24H29FN2O2.ClH/c1-26(2)16-21(28)22(17-9-5-3-6-10-17)27-20-12-11-18(25)15-19(20)24(23(27)29)13-7-4-8-14-24;/h3,5-6,9-12,15,21-22,28H,4,7-8,13-14,16H2,1-2H3;1H/t21-,22+;/m1./s1. The molecule has 1 N–H and O–H groups in total. The van der Waals surface area contributed by atoms with E-state index in [2.05, 4.69) is 0 Å². The number of nitrogens with zero attached hydrogens (tertiary/aromatic N) is 2. The highest BCUT2D eigenvalue weighted by Gasteiger charge is 2.53. The second-order valence-electron chi connectivity index (χ2n) is 8.66. The van der Waals surface area contributed by atoms with Crippen LogP contribution in [-0.4, -0.2) is 42.7 Å². The molecule has 2 aromatic rings. The SMILES string of the molecule is CN(C)C[C@@H](O)[C@H](c1ccccc1)N1C(=O)C2(CCCCC2)c2cc(F)ccc21.Cl. The molecule has 1 heterocycles. The molecule has 162 valence electrons. The number of hydrogen-bond acceptors (Lipinski definition) is 3. The Morgan fingerprint density at radius 2 is 1.77 bits per heavy atom. The van der Waals surface area contributed by atoms with Crippen LogP contribution in [0, 0.1) is 5.82 Å². The van der Waals surface area contributed by atoms with Crippen LogP contribution in [0.1, 0.15) is 49.3 Å². The lowest BCUT2D eigenvalue weighted by atomic mass is 9.70. The summed E-state index contributed by atoms with van der Waals surface area (Å²) in [7, 11) is 3.81. The maximum absolute atomic E-state index is 14.2. The minimum absolute atomic E-state index is 0. The van der Waals surface area contributed by atoms with Crippen molar-refractivity contribution in [2.24, 2.45) is 0 Å². The van der Waals surface area contributed by atoms with Crippen LogP contribution in [0.3, 0.4) is 0 Å². The van der Waals surface area contributed by atoms with E-state index >= 15 is 0 Å². The summed E-state index contributed by atoms with van der Waals surface area (Å²) in [6.45, 7) is 0.423. The minimum atomic E-state index is -0.770. The number of anilines is 1. The van der Waals surface area contributed by atoms with Crippen molar-refractivity contribution in [2.45, 2.75) is 49.7 Å². The Morgan fingerprint density at radius 3 is 2.40 bits per heavy atom. The van der Waals surface area contributed by atoms with Crippen molar-refractivity contribution in [2.75, 3.05) is 25.5 Å². The minimum Gasteiger partial charge on any atom is -0.389 e. The van der Waals surface area contributed by atoms with E-state index in [9.17, 15) is 14.3 Å². The van der Waals surface area contributed by atoms with Crippen LogP contribution in [0.15, 0.2) is 48.5 Å². The van der Waals surface area contributed by atoms with E-state index in [-0.39, 0.29) is 24.1 Å². The number of likely N-dealkylation sites (N-methyl/N-ethyl adjacent to an activating group) is 1. The molecule has 0 saturated heterocycles. The van der Waals surface area contributed by atoms with Crippen LogP contribution in [0.2, 0.25) is 0 Å². The zero-order valence-corrected chi connectivity index (χ0v) is 18.4. The maximum atomic E-state index is 14.2. The molecule has 0 unspecified atom stereocenters. The molecule has 30 heavy (non-hydrogen) atoms. The van der Waals surface area contributed by atoms with Crippen molar-refractivity contribution in [3.8, 4) is 0 Å². The van der Waals surface area contributed by atoms with Gasteiger partial charge in [0.25, 0.3) is 0 Å². The molecule has 0 radical (unpaired) electrons. The van der Waals surface area contributed by atoms with Crippen LogP contribution in [0.4, 0.5) is 10.1 Å². The Morgan fingerprint density at radius 1 is 1.10 bits per heavy atom. The molecule has 6 heteroatoms. The highest BCUT2D eigenvalue weighted by Crippen LogP contribution is 2.53. The first kappa shape index (κ1) is 22.7. The molecular formula is C24H30ClFN2O2. The number of hydrogen-bond donors (Lipinski definition) is 1.